The van der Waals surface area contributed by atoms with Crippen LogP contribution in [0.25, 0.3) is 0 Å². The second-order valence-corrected chi connectivity index (χ2v) is 59.2. The molecule has 0 saturated heterocycles. The van der Waals surface area contributed by atoms with Gasteiger partial charge in [-0.25, -0.2) is 0 Å². The molecule has 0 spiro atoms. The first-order valence-electron chi connectivity index (χ1n) is 18.4. The van der Waals surface area contributed by atoms with E-state index in [2.05, 4.69) is 78.6 Å². The summed E-state index contributed by atoms with van der Waals surface area (Å²) in [6, 6.07) is 0. The first-order valence-corrected chi connectivity index (χ1v) is 73.1. The molecule has 0 saturated carbocycles. The van der Waals surface area contributed by atoms with Crippen molar-refractivity contribution in [1.29, 1.82) is 0 Å². The average Bonchev–Trinajstić information content (AvgIpc) is 2.60. The molecule has 0 amide bonds. The van der Waals surface area contributed by atoms with E-state index in [1.54, 1.807) is 58.9 Å². The predicted octanol–water partition coefficient (Wildman–Crippen LogP) is -20.3. The molecule has 0 fully saturated rings. The van der Waals surface area contributed by atoms with Crippen LogP contribution in [0.5, 0.6) is 0 Å². The van der Waals surface area contributed by atoms with E-state index in [0.717, 1.165) is 0 Å². The zero-order chi connectivity index (χ0) is 43.9. The standard InChI is InChI=1S/2C6H18OSi2.2C3H10OSi.3C3H9OSi.13Na.8H2O.H/c2*1-8(2,3)7-9(4,5)6;5*1-5(2,3)4;;;;;;;;;;;;;;;;;;;;;;/h2*1-6H3;2*4H,1-3H3;3*1-3H3;;;;;;;;;;;;;;8*1H2;/q;;;;3*-1;;;;;;;7*+1;;;;;;;;;-1/p-3. The molecule has 0 aliphatic rings. The van der Waals surface area contributed by atoms with Crippen molar-refractivity contribution in [2.45, 2.75) is 177 Å². The molecule has 0 aromatic heterocycles. The van der Waals surface area contributed by atoms with E-state index in [9.17, 15) is 14.4 Å². The Morgan fingerprint density at radius 2 is 0.312 bits per heavy atom. The molecule has 0 aliphatic carbocycles. The predicted molar refractivity (Wildman–Crippen MR) is 276 cm³/mol. The van der Waals surface area contributed by atoms with Crippen LogP contribution < -0.4 is 221 Å². The Balaban J connectivity index is -0.0000000108. The van der Waals surface area contributed by atoms with Gasteiger partial charge in [0.2, 0.25) is 0 Å². The van der Waals surface area contributed by atoms with E-state index in [0.29, 0.717) is 0 Å². The first-order chi connectivity index (χ1) is 20.4. The van der Waals surface area contributed by atoms with Gasteiger partial charge in [-0.3, -0.25) is 0 Å². The van der Waals surface area contributed by atoms with Gasteiger partial charge >= 0.3 is 338 Å². The van der Waals surface area contributed by atoms with Crippen molar-refractivity contribution in [2.24, 2.45) is 0 Å². The molecule has 15 nitrogen and oxygen atoms in total. The van der Waals surface area contributed by atoms with Crippen LogP contribution in [0.1, 0.15) is 1.43 Å². The molecule has 37 heteroatoms. The van der Waals surface area contributed by atoms with Crippen LogP contribution >= 0.6 is 0 Å². The molecule has 0 aromatic carbocycles. The summed E-state index contributed by atoms with van der Waals surface area (Å²) in [6.45, 7) is 54.1. The van der Waals surface area contributed by atoms with Crippen LogP contribution in [-0.2, 0) is 8.23 Å². The van der Waals surface area contributed by atoms with Gasteiger partial charge < -0.3 is 77.4 Å². The van der Waals surface area contributed by atoms with Gasteiger partial charge in [0, 0.05) is 0 Å². The zero-order valence-electron chi connectivity index (χ0n) is 52.3. The molecule has 0 bridgehead atoms. The van der Waals surface area contributed by atoms with Crippen molar-refractivity contribution in [3.63, 3.8) is 0 Å². The third-order valence-electron chi connectivity index (χ3n) is 1.22. The monoisotopic (exact) mass is 1210 g/mol. The second-order valence-electron chi connectivity index (χ2n) is 19.3. The third-order valence-corrected chi connectivity index (χ3v) is 11.0. The Morgan fingerprint density at radius 1 is 0.281 bits per heavy atom. The maximum atomic E-state index is 10.2. The zero-order valence-corrected chi connectivity index (χ0v) is 86.3. The summed E-state index contributed by atoms with van der Waals surface area (Å²) in [6.07, 6.45) is 0. The maximum absolute atomic E-state index is 10.2. The minimum Gasteiger partial charge on any atom is -0.870 e. The molecule has 0 aromatic rings. The number of hydrogen-bond donors (Lipinski definition) is 2. The summed E-state index contributed by atoms with van der Waals surface area (Å²) in [5.41, 5.74) is 0. The van der Waals surface area contributed by atoms with Crippen LogP contribution in [0, 0.1) is 0 Å². The Bertz CT molecular complexity index is 543. The Kier molecular flexibility index (Phi) is 234. The smallest absolute Gasteiger partial charge is 0.870 e. The average molecular weight is 1210 g/mol. The summed E-state index contributed by atoms with van der Waals surface area (Å²) in [5.74, 6) is 0. The Morgan fingerprint density at radius 3 is 0.312 bits per heavy atom. The summed E-state index contributed by atoms with van der Waals surface area (Å²) in [7, 11) is -13.7. The van der Waals surface area contributed by atoms with E-state index in [1.807, 2.05) is 39.3 Å². The molecule has 0 heterocycles. The molecular weight excluding hydrogens is 1120 g/mol. The molecule has 15 N–H and O–H groups in total. The van der Waals surface area contributed by atoms with Gasteiger partial charge in [0.25, 0.3) is 0 Å². The molecule has 0 aliphatic heterocycles. The summed E-state index contributed by atoms with van der Waals surface area (Å²) >= 11 is 8.67. The van der Waals surface area contributed by atoms with Crippen molar-refractivity contribution in [3.8, 4) is 0 Å². The molecule has 344 valence electrons. The fraction of sp³-hybridized carbons (Fsp3) is 1.00. The van der Waals surface area contributed by atoms with Crippen molar-refractivity contribution in [1.82, 2.24) is 0 Å². The van der Waals surface area contributed by atoms with Gasteiger partial charge in [-0.15, -0.1) is 0 Å². The summed E-state index contributed by atoms with van der Waals surface area (Å²) in [4.78, 5) is 48.0. The fourth-order valence-electron chi connectivity index (χ4n) is 1.84. The second kappa shape index (κ2) is 91.1. The van der Waals surface area contributed by atoms with E-state index in [-0.39, 0.29) is 252 Å². The number of hydrogen-bond acceptors (Lipinski definition) is 10. The topological polar surface area (TPSA) is 376 Å². The minimum atomic E-state index is -1.86. The van der Waals surface area contributed by atoms with Crippen LogP contribution in [0.3, 0.4) is 0 Å². The van der Waals surface area contributed by atoms with Crippen molar-refractivity contribution in [3.05, 3.63) is 0 Å². The van der Waals surface area contributed by atoms with Gasteiger partial charge in [0.1, 0.15) is 0 Å². The Labute approximate surface area is 650 Å². The molecule has 64 heavy (non-hydrogen) atoms. The van der Waals surface area contributed by atoms with E-state index < -0.39 is 74.9 Å². The van der Waals surface area contributed by atoms with E-state index in [4.69, 9.17) is 17.8 Å². The van der Waals surface area contributed by atoms with Gasteiger partial charge in [-0.2, -0.15) is 0 Å². The minimum absolute atomic E-state index is 0. The van der Waals surface area contributed by atoms with Gasteiger partial charge in [-0.1, -0.05) is 83.9 Å². The van der Waals surface area contributed by atoms with Crippen LogP contribution in [0.4, 0.5) is 0 Å². The van der Waals surface area contributed by atoms with Gasteiger partial charge in [0.05, 0.1) is 0 Å². The largest absolute Gasteiger partial charge is 0.870 e. The molecule has 0 unspecified atom stereocenters. The summed E-state index contributed by atoms with van der Waals surface area (Å²) < 4.78 is 11.8. The third kappa shape index (κ3) is 624. The molecule has 0 atom stereocenters. The van der Waals surface area contributed by atoms with E-state index in [1.165, 1.54) is 131 Å². The van der Waals surface area contributed by atoms with Crippen LogP contribution in [0.15, 0.2) is 0 Å². The van der Waals surface area contributed by atoms with Crippen molar-refractivity contribution >= 4 is 206 Å². The number of rotatable bonds is 4. The SMILES string of the molecule is C[Si](C)(C)O.C[Si](C)(C)O.C[Si](C)(C)O[Si](C)(C)C.C[Si](C)(C)O[Si](C)(C)C.C[Si](C)(C)[O-].C[Si](C)(C)[O-].C[Si](C)(C)[O-].O.O.O.O.O.[H-].[Na+].[Na+].[Na+].[Na+].[Na+].[Na+].[Na+].[Na][Na].[Na][Na].[Na][Na].[OH-].[OH-].[OH-]. The van der Waals surface area contributed by atoms with E-state index >= 15 is 0 Å². The van der Waals surface area contributed by atoms with Crippen molar-refractivity contribution < 1.29 is 284 Å². The van der Waals surface area contributed by atoms with Gasteiger partial charge in [0.15, 0.2) is 49.9 Å². The molecule has 0 rings (SSSR count). The summed E-state index contributed by atoms with van der Waals surface area (Å²) in [5, 5.41) is 0. The fourth-order valence-corrected chi connectivity index (χ4v) is 16.5. The normalized spacial score (nSPS) is 9.00. The molecule has 0 radical (unpaired) electrons. The van der Waals surface area contributed by atoms with Crippen LogP contribution in [-0.4, -0.2) is 259 Å². The quantitative estimate of drug-likeness (QED) is 0.250. The maximum Gasteiger partial charge on any atom is -0.870 e. The van der Waals surface area contributed by atoms with Crippen LogP contribution in [0.2, 0.25) is 177 Å². The molecular formula is C27H97Na13O15Si9. The van der Waals surface area contributed by atoms with Gasteiger partial charge in [-0.05, 0) is 118 Å². The first kappa shape index (κ1) is 165. The Hall–Kier alpha value is 14.4. The van der Waals surface area contributed by atoms with Crippen molar-refractivity contribution in [2.75, 3.05) is 0 Å².